The number of hydrogen-bond acceptors (Lipinski definition) is 2. The zero-order valence-corrected chi connectivity index (χ0v) is 13.3. The molecule has 0 spiro atoms. The van der Waals surface area contributed by atoms with Crippen molar-refractivity contribution in [3.05, 3.63) is 35.4 Å². The average Bonchev–Trinajstić information content (AvgIpc) is 2.44. The molecular weight excluding hydrogens is 264 g/mol. The molecule has 21 heavy (non-hydrogen) atoms. The number of amides is 2. The number of likely N-dealkylation sites (tertiary alicyclic amines) is 1. The number of urea groups is 1. The van der Waals surface area contributed by atoms with Gasteiger partial charge in [-0.2, -0.15) is 0 Å². The van der Waals surface area contributed by atoms with Gasteiger partial charge in [0.05, 0.1) is 6.61 Å². The zero-order chi connectivity index (χ0) is 15.2. The molecule has 1 fully saturated rings. The van der Waals surface area contributed by atoms with Gasteiger partial charge >= 0.3 is 6.03 Å². The summed E-state index contributed by atoms with van der Waals surface area (Å²) in [5, 5.41) is 3.03. The summed E-state index contributed by atoms with van der Waals surface area (Å²) in [5.41, 5.74) is 2.24. The number of methoxy groups -OCH3 is 1. The van der Waals surface area contributed by atoms with Crippen LogP contribution in [0, 0.1) is 11.8 Å². The molecule has 1 saturated heterocycles. The van der Waals surface area contributed by atoms with E-state index in [2.05, 4.69) is 25.2 Å². The van der Waals surface area contributed by atoms with E-state index in [0.29, 0.717) is 25.0 Å². The van der Waals surface area contributed by atoms with Gasteiger partial charge in [0.2, 0.25) is 0 Å². The largest absolute Gasteiger partial charge is 0.380 e. The van der Waals surface area contributed by atoms with Crippen molar-refractivity contribution in [1.82, 2.24) is 10.2 Å². The lowest BCUT2D eigenvalue weighted by Gasteiger charge is -2.34. The van der Waals surface area contributed by atoms with Gasteiger partial charge < -0.3 is 15.0 Å². The Bertz CT molecular complexity index is 466. The molecule has 0 radical (unpaired) electrons. The number of nitrogens with one attached hydrogen (secondary N) is 1. The standard InChI is InChI=1S/C17H26N2O2/c1-13-7-14(2)11-19(10-13)17(20)18-9-15-5-4-6-16(8-15)12-21-3/h4-6,8,13-14H,7,9-12H2,1-3H3,(H,18,20). The minimum Gasteiger partial charge on any atom is -0.380 e. The van der Waals surface area contributed by atoms with Gasteiger partial charge in [-0.25, -0.2) is 4.79 Å². The SMILES string of the molecule is COCc1cccc(CNC(=O)N2CC(C)CC(C)C2)c1. The predicted molar refractivity (Wildman–Crippen MR) is 83.9 cm³/mol. The third-order valence-electron chi connectivity index (χ3n) is 3.90. The van der Waals surface area contributed by atoms with Crippen molar-refractivity contribution in [2.45, 2.75) is 33.4 Å². The van der Waals surface area contributed by atoms with Gasteiger partial charge in [-0.05, 0) is 29.4 Å². The molecule has 1 aromatic carbocycles. The molecule has 1 aliphatic heterocycles. The summed E-state index contributed by atoms with van der Waals surface area (Å²) in [7, 11) is 1.69. The summed E-state index contributed by atoms with van der Waals surface area (Å²) in [6, 6.07) is 8.18. The Morgan fingerprint density at radius 3 is 2.62 bits per heavy atom. The van der Waals surface area contributed by atoms with Crippen LogP contribution in [0.3, 0.4) is 0 Å². The maximum Gasteiger partial charge on any atom is 0.317 e. The van der Waals surface area contributed by atoms with Crippen molar-refractivity contribution in [3.8, 4) is 0 Å². The number of rotatable bonds is 4. The molecule has 2 unspecified atom stereocenters. The summed E-state index contributed by atoms with van der Waals surface area (Å²) < 4.78 is 5.13. The van der Waals surface area contributed by atoms with Crippen LogP contribution in [-0.4, -0.2) is 31.1 Å². The Kier molecular flexibility index (Phi) is 5.62. The fourth-order valence-corrected chi connectivity index (χ4v) is 3.11. The van der Waals surface area contributed by atoms with Crippen LogP contribution >= 0.6 is 0 Å². The highest BCUT2D eigenvalue weighted by Crippen LogP contribution is 2.20. The molecule has 1 N–H and O–H groups in total. The highest BCUT2D eigenvalue weighted by Gasteiger charge is 2.24. The van der Waals surface area contributed by atoms with E-state index >= 15 is 0 Å². The third kappa shape index (κ3) is 4.74. The van der Waals surface area contributed by atoms with Gasteiger partial charge in [-0.15, -0.1) is 0 Å². The fraction of sp³-hybridized carbons (Fsp3) is 0.588. The normalized spacial score (nSPS) is 22.1. The second-order valence-electron chi connectivity index (χ2n) is 6.26. The van der Waals surface area contributed by atoms with Crippen LogP contribution in [0.5, 0.6) is 0 Å². The summed E-state index contributed by atoms with van der Waals surface area (Å²) >= 11 is 0. The third-order valence-corrected chi connectivity index (χ3v) is 3.90. The van der Waals surface area contributed by atoms with Crippen molar-refractivity contribution in [2.24, 2.45) is 11.8 Å². The minimum absolute atomic E-state index is 0.0468. The van der Waals surface area contributed by atoms with Crippen molar-refractivity contribution < 1.29 is 9.53 Å². The quantitative estimate of drug-likeness (QED) is 0.926. The highest BCUT2D eigenvalue weighted by molar-refractivity contribution is 5.74. The zero-order valence-electron chi connectivity index (χ0n) is 13.3. The van der Waals surface area contributed by atoms with Gasteiger partial charge in [0.1, 0.15) is 0 Å². The molecule has 1 aromatic rings. The molecular formula is C17H26N2O2. The first-order valence-corrected chi connectivity index (χ1v) is 7.68. The average molecular weight is 290 g/mol. The number of piperidine rings is 1. The lowest BCUT2D eigenvalue weighted by molar-refractivity contribution is 0.146. The van der Waals surface area contributed by atoms with Crippen LogP contribution in [-0.2, 0) is 17.9 Å². The molecule has 1 heterocycles. The second-order valence-corrected chi connectivity index (χ2v) is 6.26. The molecule has 0 bridgehead atoms. The van der Waals surface area contributed by atoms with Crippen molar-refractivity contribution in [1.29, 1.82) is 0 Å². The van der Waals surface area contributed by atoms with E-state index < -0.39 is 0 Å². The molecule has 4 nitrogen and oxygen atoms in total. The van der Waals surface area contributed by atoms with E-state index in [1.807, 2.05) is 23.1 Å². The van der Waals surface area contributed by atoms with Gasteiger partial charge in [0, 0.05) is 26.7 Å². The Balaban J connectivity index is 1.87. The van der Waals surface area contributed by atoms with E-state index in [0.717, 1.165) is 24.2 Å². The summed E-state index contributed by atoms with van der Waals surface area (Å²) in [6.07, 6.45) is 1.21. The Labute approximate surface area is 127 Å². The number of nitrogens with zero attached hydrogens (tertiary/aromatic N) is 1. The van der Waals surface area contributed by atoms with Gasteiger partial charge in [0.25, 0.3) is 0 Å². The first-order chi connectivity index (χ1) is 10.1. The molecule has 0 aliphatic carbocycles. The van der Waals surface area contributed by atoms with Crippen LogP contribution < -0.4 is 5.32 Å². The topological polar surface area (TPSA) is 41.6 Å². The van der Waals surface area contributed by atoms with E-state index in [1.54, 1.807) is 7.11 Å². The van der Waals surface area contributed by atoms with Crippen molar-refractivity contribution >= 4 is 6.03 Å². The van der Waals surface area contributed by atoms with Crippen LogP contribution in [0.4, 0.5) is 4.79 Å². The van der Waals surface area contributed by atoms with Crippen molar-refractivity contribution in [2.75, 3.05) is 20.2 Å². The van der Waals surface area contributed by atoms with Crippen LogP contribution in [0.25, 0.3) is 0 Å². The van der Waals surface area contributed by atoms with Gasteiger partial charge in [-0.3, -0.25) is 0 Å². The summed E-state index contributed by atoms with van der Waals surface area (Å²) in [4.78, 5) is 14.2. The fourth-order valence-electron chi connectivity index (χ4n) is 3.11. The lowest BCUT2D eigenvalue weighted by atomic mass is 9.92. The lowest BCUT2D eigenvalue weighted by Crippen LogP contribution is -2.47. The van der Waals surface area contributed by atoms with E-state index in [1.165, 1.54) is 6.42 Å². The Morgan fingerprint density at radius 1 is 1.29 bits per heavy atom. The minimum atomic E-state index is 0.0468. The second kappa shape index (κ2) is 7.46. The van der Waals surface area contributed by atoms with Gasteiger partial charge in [-0.1, -0.05) is 38.1 Å². The van der Waals surface area contributed by atoms with Gasteiger partial charge in [0.15, 0.2) is 0 Å². The van der Waals surface area contributed by atoms with Crippen molar-refractivity contribution in [3.63, 3.8) is 0 Å². The summed E-state index contributed by atoms with van der Waals surface area (Å²) in [6.45, 7) is 7.31. The molecule has 2 amide bonds. The first kappa shape index (κ1) is 15.8. The number of carbonyl (C=O) groups excluding carboxylic acids is 1. The number of ether oxygens (including phenoxy) is 1. The van der Waals surface area contributed by atoms with Crippen LogP contribution in [0.15, 0.2) is 24.3 Å². The Morgan fingerprint density at radius 2 is 1.95 bits per heavy atom. The molecule has 2 atom stereocenters. The molecule has 0 aromatic heterocycles. The maximum absolute atomic E-state index is 12.3. The summed E-state index contributed by atoms with van der Waals surface area (Å²) in [5.74, 6) is 1.18. The smallest absolute Gasteiger partial charge is 0.317 e. The van der Waals surface area contributed by atoms with E-state index in [9.17, 15) is 4.79 Å². The van der Waals surface area contributed by atoms with E-state index in [4.69, 9.17) is 4.74 Å². The number of benzene rings is 1. The molecule has 0 saturated carbocycles. The molecule has 2 rings (SSSR count). The molecule has 116 valence electrons. The van der Waals surface area contributed by atoms with Crippen LogP contribution in [0.1, 0.15) is 31.4 Å². The number of hydrogen-bond donors (Lipinski definition) is 1. The molecule has 4 heteroatoms. The maximum atomic E-state index is 12.3. The predicted octanol–water partition coefficient (Wildman–Crippen LogP) is 3.02. The Hall–Kier alpha value is -1.55. The highest BCUT2D eigenvalue weighted by atomic mass is 16.5. The molecule has 1 aliphatic rings. The monoisotopic (exact) mass is 290 g/mol. The number of carbonyl (C=O) groups is 1. The first-order valence-electron chi connectivity index (χ1n) is 7.68. The van der Waals surface area contributed by atoms with Crippen LogP contribution in [0.2, 0.25) is 0 Å². The van der Waals surface area contributed by atoms with E-state index in [-0.39, 0.29) is 6.03 Å².